The summed E-state index contributed by atoms with van der Waals surface area (Å²) in [6.07, 6.45) is 2.48. The van der Waals surface area contributed by atoms with Crippen molar-refractivity contribution in [1.82, 2.24) is 25.5 Å². The van der Waals surface area contributed by atoms with Gasteiger partial charge >= 0.3 is 6.09 Å². The first-order chi connectivity index (χ1) is 25.4. The number of amides is 2. The van der Waals surface area contributed by atoms with E-state index < -0.39 is 18.1 Å². The molecule has 0 radical (unpaired) electrons. The zero-order valence-electron chi connectivity index (χ0n) is 30.1. The van der Waals surface area contributed by atoms with Gasteiger partial charge in [0.1, 0.15) is 23.2 Å². The van der Waals surface area contributed by atoms with Gasteiger partial charge in [-0.05, 0) is 49.6 Å². The van der Waals surface area contributed by atoms with Gasteiger partial charge in [0.05, 0.1) is 19.3 Å². The Morgan fingerprint density at radius 1 is 0.962 bits per heavy atom. The molecule has 2 amide bonds. The van der Waals surface area contributed by atoms with Crippen LogP contribution in [0.5, 0.6) is 0 Å². The summed E-state index contributed by atoms with van der Waals surface area (Å²) in [5.41, 5.74) is 3.50. The number of aryl methyl sites for hydroxylation is 1. The second-order valence-corrected chi connectivity index (χ2v) is 14.4. The number of methoxy groups -OCH3 is 1. The van der Waals surface area contributed by atoms with Gasteiger partial charge in [0, 0.05) is 62.2 Å². The van der Waals surface area contributed by atoms with Crippen LogP contribution in [0.25, 0.3) is 0 Å². The summed E-state index contributed by atoms with van der Waals surface area (Å²) in [5.74, 6) is 0.966. The number of carbonyl (C=O) groups excluding carboxylic acids is 2. The molecular weight excluding hydrogens is 675 g/mol. The number of rotatable bonds is 13. The monoisotopic (exact) mass is 723 g/mol. The average Bonchev–Trinajstić information content (AvgIpc) is 3.18. The summed E-state index contributed by atoms with van der Waals surface area (Å²) in [7, 11) is 3.45. The summed E-state index contributed by atoms with van der Waals surface area (Å²) in [6, 6.07) is 28.6. The molecule has 0 saturated carbocycles. The Hall–Kier alpha value is -4.49. The van der Waals surface area contributed by atoms with E-state index >= 15 is 0 Å². The lowest BCUT2D eigenvalue weighted by atomic mass is 9.84. The molecule has 11 nitrogen and oxygen atoms in total. The number of aromatic nitrogens is 2. The Morgan fingerprint density at radius 3 is 2.33 bits per heavy atom. The van der Waals surface area contributed by atoms with Crippen molar-refractivity contribution in [3.8, 4) is 0 Å². The molecule has 52 heavy (non-hydrogen) atoms. The van der Waals surface area contributed by atoms with Crippen LogP contribution < -0.4 is 20.9 Å². The average molecular weight is 724 g/mol. The molecule has 12 heteroatoms. The molecule has 0 bridgehead atoms. The zero-order chi connectivity index (χ0) is 36.3. The van der Waals surface area contributed by atoms with Crippen molar-refractivity contribution in [2.75, 3.05) is 62.9 Å². The number of hydrogen-bond donors (Lipinski definition) is 3. The first kappa shape index (κ1) is 37.3. The van der Waals surface area contributed by atoms with Crippen molar-refractivity contribution >= 4 is 35.3 Å². The molecule has 0 spiro atoms. The number of benzene rings is 3. The number of anilines is 2. The molecule has 2 saturated heterocycles. The van der Waals surface area contributed by atoms with Crippen molar-refractivity contribution in [3.63, 3.8) is 0 Å². The van der Waals surface area contributed by atoms with E-state index in [9.17, 15) is 9.59 Å². The molecule has 4 aromatic rings. The third kappa shape index (κ3) is 9.88. The predicted octanol–water partition coefficient (Wildman–Crippen LogP) is 5.19. The lowest BCUT2D eigenvalue weighted by molar-refractivity contribution is -0.118. The van der Waals surface area contributed by atoms with Crippen LogP contribution in [0.3, 0.4) is 0 Å². The Bertz CT molecular complexity index is 1700. The Balaban J connectivity index is 1.10. The van der Waals surface area contributed by atoms with Gasteiger partial charge < -0.3 is 35.2 Å². The van der Waals surface area contributed by atoms with E-state index in [1.54, 1.807) is 18.1 Å². The smallest absolute Gasteiger partial charge is 0.407 e. The van der Waals surface area contributed by atoms with Crippen molar-refractivity contribution < 1.29 is 19.1 Å². The van der Waals surface area contributed by atoms with Gasteiger partial charge in [-0.25, -0.2) is 14.8 Å². The molecule has 3 heterocycles. The molecular formula is C40H49N7O4S. The standard InChI is InChI=1S/C40H49N7O4S/c1-28-34(26-52-36-24-35(42-27-43-36)47-22-20-46(2)21-23-47)51-32(25-41-28)19-18-29-12-10-11-17-33(29)44-39(48)38(45-40(49)50-3)37(30-13-6-4-7-14-30)31-15-8-5-9-16-31/h4-17,24,27-28,32,34,37-38,41H,18-23,25-26H2,1-3H3,(H,44,48)(H,45,49)/t28-,32-,34-,38+/m1/s1. The molecule has 4 atom stereocenters. The summed E-state index contributed by atoms with van der Waals surface area (Å²) in [4.78, 5) is 40.5. The van der Waals surface area contributed by atoms with Crippen LogP contribution in [-0.2, 0) is 20.7 Å². The molecule has 0 unspecified atom stereocenters. The number of para-hydroxylation sites is 1. The van der Waals surface area contributed by atoms with Crippen molar-refractivity contribution in [3.05, 3.63) is 114 Å². The zero-order valence-corrected chi connectivity index (χ0v) is 30.9. The maximum atomic E-state index is 14.2. The summed E-state index contributed by atoms with van der Waals surface area (Å²) in [6.45, 7) is 6.90. The lowest BCUT2D eigenvalue weighted by Crippen LogP contribution is -2.52. The lowest BCUT2D eigenvalue weighted by Gasteiger charge is -2.36. The minimum Gasteiger partial charge on any atom is -0.453 e. The van der Waals surface area contributed by atoms with Gasteiger partial charge in [-0.3, -0.25) is 4.79 Å². The van der Waals surface area contributed by atoms with Crippen LogP contribution in [0.2, 0.25) is 0 Å². The highest BCUT2D eigenvalue weighted by molar-refractivity contribution is 7.99. The van der Waals surface area contributed by atoms with E-state index in [2.05, 4.69) is 55.8 Å². The quantitative estimate of drug-likeness (QED) is 0.126. The number of hydrogen-bond acceptors (Lipinski definition) is 10. The fraction of sp³-hybridized carbons (Fsp3) is 0.400. The van der Waals surface area contributed by atoms with Crippen LogP contribution in [0.15, 0.2) is 102 Å². The molecule has 1 aromatic heterocycles. The first-order valence-electron chi connectivity index (χ1n) is 18.0. The minimum absolute atomic E-state index is 0.00568. The van der Waals surface area contributed by atoms with Gasteiger partial charge in [0.15, 0.2) is 0 Å². The first-order valence-corrected chi connectivity index (χ1v) is 19.0. The second-order valence-electron chi connectivity index (χ2n) is 13.4. The molecule has 2 aliphatic rings. The van der Waals surface area contributed by atoms with E-state index in [-0.39, 0.29) is 24.2 Å². The molecule has 3 N–H and O–H groups in total. The van der Waals surface area contributed by atoms with Gasteiger partial charge in [0.2, 0.25) is 5.91 Å². The predicted molar refractivity (Wildman–Crippen MR) is 206 cm³/mol. The topological polar surface area (TPSA) is 121 Å². The van der Waals surface area contributed by atoms with Crippen LogP contribution in [0.1, 0.15) is 36.0 Å². The van der Waals surface area contributed by atoms with Crippen LogP contribution >= 0.6 is 11.8 Å². The molecule has 2 fully saturated rings. The van der Waals surface area contributed by atoms with E-state index in [1.807, 2.05) is 84.9 Å². The van der Waals surface area contributed by atoms with Gasteiger partial charge in [-0.2, -0.15) is 0 Å². The highest BCUT2D eigenvalue weighted by Crippen LogP contribution is 2.30. The maximum Gasteiger partial charge on any atom is 0.407 e. The molecule has 0 aliphatic carbocycles. The SMILES string of the molecule is COC(=O)N[C@H](C(=O)Nc1ccccc1CC[C@@H]1CN[C@H](C)[C@@H](CSc2cc(N3CCN(C)CC3)ncn2)O1)C(c1ccccc1)c1ccccc1. The normalized spacial score (nSPS) is 19.9. The van der Waals surface area contributed by atoms with E-state index in [0.717, 1.165) is 72.4 Å². The minimum atomic E-state index is -0.941. The number of piperazine rings is 1. The fourth-order valence-corrected chi connectivity index (χ4v) is 7.78. The number of carbonyl (C=O) groups is 2. The second kappa shape index (κ2) is 18.3. The third-order valence-electron chi connectivity index (χ3n) is 9.85. The maximum absolute atomic E-state index is 14.2. The van der Waals surface area contributed by atoms with E-state index in [0.29, 0.717) is 12.1 Å². The van der Waals surface area contributed by atoms with E-state index in [1.165, 1.54) is 7.11 Å². The number of ether oxygens (including phenoxy) is 2. The highest BCUT2D eigenvalue weighted by atomic mass is 32.2. The number of likely N-dealkylation sites (N-methyl/N-ethyl adjacent to an activating group) is 1. The molecule has 274 valence electrons. The van der Waals surface area contributed by atoms with Gasteiger partial charge in [0.25, 0.3) is 0 Å². The largest absolute Gasteiger partial charge is 0.453 e. The van der Waals surface area contributed by atoms with Crippen LogP contribution in [0, 0.1) is 0 Å². The summed E-state index contributed by atoms with van der Waals surface area (Å²) < 4.78 is 11.6. The number of thioether (sulfide) groups is 1. The van der Waals surface area contributed by atoms with Crippen molar-refractivity contribution in [2.45, 2.75) is 55.0 Å². The van der Waals surface area contributed by atoms with Gasteiger partial charge in [-0.1, -0.05) is 78.9 Å². The molecule has 2 aliphatic heterocycles. The number of morpholine rings is 1. The summed E-state index contributed by atoms with van der Waals surface area (Å²) in [5, 5.41) is 10.6. The van der Waals surface area contributed by atoms with Crippen LogP contribution in [-0.4, -0.2) is 104 Å². The van der Waals surface area contributed by atoms with Crippen molar-refractivity contribution in [1.29, 1.82) is 0 Å². The number of nitrogens with one attached hydrogen (secondary N) is 3. The van der Waals surface area contributed by atoms with E-state index in [4.69, 9.17) is 9.47 Å². The van der Waals surface area contributed by atoms with Crippen LogP contribution in [0.4, 0.5) is 16.3 Å². The number of alkyl carbamates (subject to hydrolysis) is 1. The fourth-order valence-electron chi connectivity index (χ4n) is 6.77. The third-order valence-corrected chi connectivity index (χ3v) is 10.9. The Kier molecular flexibility index (Phi) is 13.1. The van der Waals surface area contributed by atoms with Crippen molar-refractivity contribution in [2.24, 2.45) is 0 Å². The molecule has 3 aromatic carbocycles. The Morgan fingerprint density at radius 2 is 1.63 bits per heavy atom. The Labute approximate surface area is 310 Å². The number of nitrogens with zero attached hydrogens (tertiary/aromatic N) is 4. The molecule has 6 rings (SSSR count). The summed E-state index contributed by atoms with van der Waals surface area (Å²) >= 11 is 1.70. The van der Waals surface area contributed by atoms with Gasteiger partial charge in [-0.15, -0.1) is 11.8 Å². The highest BCUT2D eigenvalue weighted by Gasteiger charge is 2.34.